The SMILES string of the molecule is Nc1ccc(Cn2cnc([N+](=O)[O-])c2)cc1[N+](=O)[O-]. The van der Waals surface area contributed by atoms with Gasteiger partial charge in [0, 0.05) is 6.07 Å². The molecule has 19 heavy (non-hydrogen) atoms. The highest BCUT2D eigenvalue weighted by Gasteiger charge is 2.14. The first-order valence-corrected chi connectivity index (χ1v) is 5.16. The Balaban J connectivity index is 2.25. The zero-order valence-corrected chi connectivity index (χ0v) is 9.59. The molecule has 9 nitrogen and oxygen atoms in total. The second-order valence-electron chi connectivity index (χ2n) is 3.81. The van der Waals surface area contributed by atoms with Gasteiger partial charge in [0.1, 0.15) is 11.9 Å². The second kappa shape index (κ2) is 4.72. The van der Waals surface area contributed by atoms with Crippen LogP contribution in [0.4, 0.5) is 17.2 Å². The number of nitrogen functional groups attached to an aromatic ring is 1. The molecule has 0 radical (unpaired) electrons. The highest BCUT2D eigenvalue weighted by Crippen LogP contribution is 2.23. The van der Waals surface area contributed by atoms with Gasteiger partial charge >= 0.3 is 5.82 Å². The van der Waals surface area contributed by atoms with E-state index in [-0.39, 0.29) is 23.7 Å². The molecule has 0 aliphatic rings. The molecule has 2 N–H and O–H groups in total. The normalized spacial score (nSPS) is 10.3. The number of benzene rings is 1. The van der Waals surface area contributed by atoms with E-state index in [4.69, 9.17) is 5.73 Å². The molecule has 1 aromatic carbocycles. The average molecular weight is 263 g/mol. The van der Waals surface area contributed by atoms with E-state index in [9.17, 15) is 20.2 Å². The number of nitro groups is 2. The summed E-state index contributed by atoms with van der Waals surface area (Å²) in [4.78, 5) is 23.6. The van der Waals surface area contributed by atoms with Gasteiger partial charge in [-0.3, -0.25) is 10.1 Å². The first kappa shape index (κ1) is 12.5. The Bertz CT molecular complexity index is 651. The lowest BCUT2D eigenvalue weighted by molar-refractivity contribution is -0.389. The molecule has 1 aromatic heterocycles. The zero-order chi connectivity index (χ0) is 14.0. The molecule has 0 fully saturated rings. The minimum atomic E-state index is -0.609. The van der Waals surface area contributed by atoms with Gasteiger partial charge in [0.05, 0.1) is 11.5 Å². The summed E-state index contributed by atoms with van der Waals surface area (Å²) in [7, 11) is 0. The smallest absolute Gasteiger partial charge is 0.381 e. The van der Waals surface area contributed by atoms with E-state index in [1.807, 2.05) is 0 Å². The van der Waals surface area contributed by atoms with Crippen molar-refractivity contribution in [1.29, 1.82) is 0 Å². The molecule has 0 saturated carbocycles. The number of nitro benzene ring substituents is 1. The van der Waals surface area contributed by atoms with Gasteiger partial charge in [0.25, 0.3) is 5.69 Å². The Morgan fingerprint density at radius 3 is 2.58 bits per heavy atom. The van der Waals surface area contributed by atoms with Gasteiger partial charge in [-0.05, 0) is 21.5 Å². The van der Waals surface area contributed by atoms with E-state index in [2.05, 4.69) is 4.98 Å². The van der Waals surface area contributed by atoms with Gasteiger partial charge in [-0.25, -0.2) is 0 Å². The van der Waals surface area contributed by atoms with Crippen LogP contribution in [0.15, 0.2) is 30.7 Å². The maximum atomic E-state index is 10.7. The van der Waals surface area contributed by atoms with Crippen molar-refractivity contribution in [3.8, 4) is 0 Å². The van der Waals surface area contributed by atoms with E-state index in [1.54, 1.807) is 6.07 Å². The lowest BCUT2D eigenvalue weighted by atomic mass is 10.2. The monoisotopic (exact) mass is 263 g/mol. The number of rotatable bonds is 4. The van der Waals surface area contributed by atoms with Gasteiger partial charge in [0.15, 0.2) is 0 Å². The number of hydrogen-bond acceptors (Lipinski definition) is 6. The number of nitrogens with two attached hydrogens (primary N) is 1. The molecule has 98 valence electrons. The van der Waals surface area contributed by atoms with E-state index in [0.717, 1.165) is 0 Å². The van der Waals surface area contributed by atoms with E-state index in [1.165, 1.54) is 29.2 Å². The van der Waals surface area contributed by atoms with E-state index in [0.29, 0.717) is 5.56 Å². The Morgan fingerprint density at radius 2 is 2.00 bits per heavy atom. The predicted molar refractivity (Wildman–Crippen MR) is 65.5 cm³/mol. The molecule has 0 unspecified atom stereocenters. The predicted octanol–water partition coefficient (Wildman–Crippen LogP) is 1.33. The van der Waals surface area contributed by atoms with Crippen LogP contribution in [0, 0.1) is 20.2 Å². The number of imidazole rings is 1. The third kappa shape index (κ3) is 2.65. The molecule has 0 amide bonds. The fourth-order valence-electron chi connectivity index (χ4n) is 1.59. The van der Waals surface area contributed by atoms with Gasteiger partial charge < -0.3 is 20.4 Å². The quantitative estimate of drug-likeness (QED) is 0.503. The standard InChI is InChI=1S/C10H9N5O4/c11-8-2-1-7(3-9(8)14(16)17)4-13-5-10(12-6-13)15(18)19/h1-3,5-6H,4,11H2. The first-order chi connectivity index (χ1) is 8.97. The third-order valence-corrected chi connectivity index (χ3v) is 2.46. The lowest BCUT2D eigenvalue weighted by Crippen LogP contribution is -2.00. The summed E-state index contributed by atoms with van der Waals surface area (Å²) in [5.41, 5.74) is 5.97. The molecule has 0 spiro atoms. The second-order valence-corrected chi connectivity index (χ2v) is 3.81. The van der Waals surface area contributed by atoms with Gasteiger partial charge in [-0.1, -0.05) is 6.07 Å². The molecule has 0 aliphatic heterocycles. The summed E-state index contributed by atoms with van der Waals surface area (Å²) >= 11 is 0. The lowest BCUT2D eigenvalue weighted by Gasteiger charge is -2.02. The van der Waals surface area contributed by atoms with Crippen molar-refractivity contribution in [1.82, 2.24) is 9.55 Å². The van der Waals surface area contributed by atoms with Gasteiger partial charge in [-0.2, -0.15) is 0 Å². The van der Waals surface area contributed by atoms with Crippen LogP contribution in [-0.2, 0) is 6.54 Å². The van der Waals surface area contributed by atoms with Gasteiger partial charge in [-0.15, -0.1) is 0 Å². The maximum absolute atomic E-state index is 10.7. The topological polar surface area (TPSA) is 130 Å². The van der Waals surface area contributed by atoms with Crippen LogP contribution in [0.5, 0.6) is 0 Å². The van der Waals surface area contributed by atoms with Crippen LogP contribution in [0.1, 0.15) is 5.56 Å². The number of nitrogens with zero attached hydrogens (tertiary/aromatic N) is 4. The summed E-state index contributed by atoms with van der Waals surface area (Å²) in [6, 6.07) is 4.38. The summed E-state index contributed by atoms with van der Waals surface area (Å²) in [5, 5.41) is 21.2. The summed E-state index contributed by atoms with van der Waals surface area (Å²) in [6.07, 6.45) is 2.54. The molecule has 1 heterocycles. The number of aromatic nitrogens is 2. The van der Waals surface area contributed by atoms with Crippen molar-refractivity contribution in [2.24, 2.45) is 0 Å². The zero-order valence-electron chi connectivity index (χ0n) is 9.59. The summed E-state index contributed by atoms with van der Waals surface area (Å²) in [6.45, 7) is 0.238. The van der Waals surface area contributed by atoms with Crippen LogP contribution in [0.25, 0.3) is 0 Å². The molecular formula is C10H9N5O4. The maximum Gasteiger partial charge on any atom is 0.381 e. The number of anilines is 1. The van der Waals surface area contributed by atoms with Gasteiger partial charge in [0.2, 0.25) is 6.33 Å². The summed E-state index contributed by atoms with van der Waals surface area (Å²) in [5.74, 6) is -0.273. The van der Waals surface area contributed by atoms with Crippen LogP contribution in [-0.4, -0.2) is 19.4 Å². The molecule has 0 atom stereocenters. The molecular weight excluding hydrogens is 254 g/mol. The fraction of sp³-hybridized carbons (Fsp3) is 0.100. The van der Waals surface area contributed by atoms with Crippen molar-refractivity contribution in [2.45, 2.75) is 6.54 Å². The molecule has 2 rings (SSSR count). The minimum absolute atomic E-state index is 0.0744. The Kier molecular flexibility index (Phi) is 3.10. The van der Waals surface area contributed by atoms with E-state index < -0.39 is 9.85 Å². The summed E-state index contributed by atoms with van der Waals surface area (Å²) < 4.78 is 1.47. The van der Waals surface area contributed by atoms with Crippen molar-refractivity contribution in [3.05, 3.63) is 56.5 Å². The van der Waals surface area contributed by atoms with Crippen LogP contribution < -0.4 is 5.73 Å². The number of hydrogen-bond donors (Lipinski definition) is 1. The van der Waals surface area contributed by atoms with Crippen LogP contribution >= 0.6 is 0 Å². The average Bonchev–Trinajstić information content (AvgIpc) is 2.80. The largest absolute Gasteiger partial charge is 0.393 e. The highest BCUT2D eigenvalue weighted by atomic mass is 16.6. The molecule has 9 heteroatoms. The molecule has 0 saturated heterocycles. The van der Waals surface area contributed by atoms with Crippen LogP contribution in [0.2, 0.25) is 0 Å². The van der Waals surface area contributed by atoms with Crippen molar-refractivity contribution < 1.29 is 9.85 Å². The Labute approximate surface area is 106 Å². The Morgan fingerprint density at radius 1 is 1.26 bits per heavy atom. The van der Waals surface area contributed by atoms with Crippen molar-refractivity contribution in [3.63, 3.8) is 0 Å². The molecule has 2 aromatic rings. The molecule has 0 bridgehead atoms. The van der Waals surface area contributed by atoms with E-state index >= 15 is 0 Å². The third-order valence-electron chi connectivity index (χ3n) is 2.46. The van der Waals surface area contributed by atoms with Crippen molar-refractivity contribution in [2.75, 3.05) is 5.73 Å². The van der Waals surface area contributed by atoms with Crippen LogP contribution in [0.3, 0.4) is 0 Å². The molecule has 0 aliphatic carbocycles. The van der Waals surface area contributed by atoms with Crippen molar-refractivity contribution >= 4 is 17.2 Å². The highest BCUT2D eigenvalue weighted by molar-refractivity contribution is 5.59. The Hall–Kier alpha value is -2.97. The first-order valence-electron chi connectivity index (χ1n) is 5.16. The fourth-order valence-corrected chi connectivity index (χ4v) is 1.59. The minimum Gasteiger partial charge on any atom is -0.393 e.